The van der Waals surface area contributed by atoms with Crippen LogP contribution in [0.15, 0.2) is 41.3 Å². The number of sulfonamides is 1. The predicted molar refractivity (Wildman–Crippen MR) is 96.8 cm³/mol. The van der Waals surface area contributed by atoms with Gasteiger partial charge in [-0.2, -0.15) is 5.10 Å². The van der Waals surface area contributed by atoms with Gasteiger partial charge in [0.1, 0.15) is 23.1 Å². The monoisotopic (exact) mass is 449 g/mol. The molecule has 0 fully saturated rings. The minimum Gasteiger partial charge on any atom is -0.495 e. The molecule has 1 heterocycles. The molecule has 0 bridgehead atoms. The van der Waals surface area contributed by atoms with E-state index in [1.54, 1.807) is 0 Å². The predicted octanol–water partition coefficient (Wildman–Crippen LogP) is 4.06. The van der Waals surface area contributed by atoms with Gasteiger partial charge in [0.25, 0.3) is 6.43 Å². The van der Waals surface area contributed by atoms with Crippen LogP contribution in [-0.4, -0.2) is 25.3 Å². The molecule has 6 nitrogen and oxygen atoms in total. The van der Waals surface area contributed by atoms with E-state index in [-0.39, 0.29) is 27.7 Å². The van der Waals surface area contributed by atoms with Gasteiger partial charge in [-0.1, -0.05) is 11.6 Å². The Hall–Kier alpha value is -2.63. The molecule has 2 aromatic carbocycles. The van der Waals surface area contributed by atoms with Gasteiger partial charge in [0.05, 0.1) is 23.5 Å². The van der Waals surface area contributed by atoms with Gasteiger partial charge >= 0.3 is 0 Å². The fourth-order valence-electron chi connectivity index (χ4n) is 2.67. The molecule has 29 heavy (non-hydrogen) atoms. The van der Waals surface area contributed by atoms with Crippen LogP contribution in [0.4, 0.5) is 17.6 Å². The molecule has 0 aliphatic heterocycles. The molecule has 0 saturated carbocycles. The summed E-state index contributed by atoms with van der Waals surface area (Å²) >= 11 is 5.96. The molecule has 0 amide bonds. The van der Waals surface area contributed by atoms with E-state index in [2.05, 4.69) is 5.10 Å². The van der Waals surface area contributed by atoms with Crippen LogP contribution in [0.2, 0.25) is 5.02 Å². The first kappa shape index (κ1) is 21.1. The summed E-state index contributed by atoms with van der Waals surface area (Å²) in [5.41, 5.74) is -0.807. The summed E-state index contributed by atoms with van der Waals surface area (Å²) < 4.78 is 83.7. The minimum atomic E-state index is -4.67. The highest BCUT2D eigenvalue weighted by Gasteiger charge is 2.24. The lowest BCUT2D eigenvalue weighted by Crippen LogP contribution is -2.16. The number of alkyl halides is 2. The minimum absolute atomic E-state index is 0.122. The van der Waals surface area contributed by atoms with Crippen molar-refractivity contribution in [2.24, 2.45) is 5.14 Å². The number of methoxy groups -OCH3 is 1. The van der Waals surface area contributed by atoms with Crippen molar-refractivity contribution >= 4 is 21.6 Å². The molecule has 3 rings (SSSR count). The Morgan fingerprint density at radius 1 is 1.14 bits per heavy atom. The Morgan fingerprint density at radius 2 is 1.76 bits per heavy atom. The summed E-state index contributed by atoms with van der Waals surface area (Å²) in [5.74, 6) is -2.73. The van der Waals surface area contributed by atoms with Crippen LogP contribution in [0.3, 0.4) is 0 Å². The molecular weight excluding hydrogens is 438 g/mol. The molecule has 12 heteroatoms. The van der Waals surface area contributed by atoms with Crippen LogP contribution in [0.25, 0.3) is 16.9 Å². The number of hydrogen-bond acceptors (Lipinski definition) is 4. The van der Waals surface area contributed by atoms with Crippen molar-refractivity contribution in [2.75, 3.05) is 7.11 Å². The third-order valence-corrected chi connectivity index (χ3v) is 5.18. The van der Waals surface area contributed by atoms with Gasteiger partial charge < -0.3 is 4.74 Å². The first-order valence-electron chi connectivity index (χ1n) is 7.77. The number of nitrogens with zero attached hydrogens (tertiary/aromatic N) is 2. The normalized spacial score (nSPS) is 11.9. The van der Waals surface area contributed by atoms with Gasteiger partial charge in [-0.15, -0.1) is 0 Å². The maximum Gasteiger partial charge on any atom is 0.282 e. The third-order valence-electron chi connectivity index (χ3n) is 3.91. The summed E-state index contributed by atoms with van der Waals surface area (Å²) in [5, 5.41) is 8.82. The van der Waals surface area contributed by atoms with Crippen molar-refractivity contribution in [2.45, 2.75) is 11.3 Å². The number of ether oxygens (including phenoxy) is 1. The van der Waals surface area contributed by atoms with Crippen molar-refractivity contribution in [3.63, 3.8) is 0 Å². The standard InChI is InChI=1S/C17H12ClF4N3O3S/c1-28-15-6-9(2-3-10(15)18)25-14(7-13(24-25)17(21)22)8-4-11(19)16(12(20)5-8)29(23,26)27/h2-7,17H,1H3,(H2,23,26,27). The van der Waals surface area contributed by atoms with Crippen molar-refractivity contribution < 1.29 is 30.7 Å². The average molecular weight is 450 g/mol. The van der Waals surface area contributed by atoms with Crippen molar-refractivity contribution in [1.82, 2.24) is 9.78 Å². The van der Waals surface area contributed by atoms with Crippen LogP contribution in [0.1, 0.15) is 12.1 Å². The number of benzene rings is 2. The highest BCUT2D eigenvalue weighted by Crippen LogP contribution is 2.33. The van der Waals surface area contributed by atoms with E-state index >= 15 is 0 Å². The molecule has 0 spiro atoms. The largest absolute Gasteiger partial charge is 0.495 e. The molecular formula is C17H12ClF4N3O3S. The number of aromatic nitrogens is 2. The molecule has 3 aromatic rings. The average Bonchev–Trinajstić information content (AvgIpc) is 3.06. The Balaban J connectivity index is 2.26. The van der Waals surface area contributed by atoms with E-state index in [1.165, 1.54) is 25.3 Å². The van der Waals surface area contributed by atoms with E-state index < -0.39 is 38.7 Å². The van der Waals surface area contributed by atoms with Gasteiger partial charge in [-0.3, -0.25) is 0 Å². The smallest absolute Gasteiger partial charge is 0.282 e. The summed E-state index contributed by atoms with van der Waals surface area (Å²) in [6, 6.07) is 6.50. The van der Waals surface area contributed by atoms with Crippen LogP contribution in [0, 0.1) is 11.6 Å². The second-order valence-electron chi connectivity index (χ2n) is 5.80. The van der Waals surface area contributed by atoms with Crippen molar-refractivity contribution in [3.8, 4) is 22.7 Å². The molecule has 0 aliphatic carbocycles. The zero-order chi connectivity index (χ0) is 21.5. The van der Waals surface area contributed by atoms with Gasteiger partial charge in [-0.25, -0.2) is 35.8 Å². The van der Waals surface area contributed by atoms with E-state index in [9.17, 15) is 26.0 Å². The number of rotatable bonds is 5. The summed E-state index contributed by atoms with van der Waals surface area (Å²) in [6.07, 6.45) is -2.97. The molecule has 0 aliphatic rings. The molecule has 2 N–H and O–H groups in total. The summed E-state index contributed by atoms with van der Waals surface area (Å²) in [6.45, 7) is 0. The fraction of sp³-hybridized carbons (Fsp3) is 0.118. The van der Waals surface area contributed by atoms with E-state index in [0.717, 1.165) is 10.7 Å². The number of nitrogens with two attached hydrogens (primary N) is 1. The lowest BCUT2D eigenvalue weighted by Gasteiger charge is -2.11. The van der Waals surface area contributed by atoms with Crippen LogP contribution in [-0.2, 0) is 10.0 Å². The maximum atomic E-state index is 14.2. The zero-order valence-corrected chi connectivity index (χ0v) is 16.1. The topological polar surface area (TPSA) is 87.2 Å². The maximum absolute atomic E-state index is 14.2. The van der Waals surface area contributed by atoms with Gasteiger partial charge in [0, 0.05) is 11.6 Å². The van der Waals surface area contributed by atoms with Crippen LogP contribution >= 0.6 is 11.6 Å². The SMILES string of the molecule is COc1cc(-n2nc(C(F)F)cc2-c2cc(F)c(S(N)(=O)=O)c(F)c2)ccc1Cl. The quantitative estimate of drug-likeness (QED) is 0.595. The highest BCUT2D eigenvalue weighted by atomic mass is 35.5. The molecule has 0 atom stereocenters. The first-order valence-corrected chi connectivity index (χ1v) is 9.69. The fourth-order valence-corrected chi connectivity index (χ4v) is 3.52. The molecule has 0 saturated heterocycles. The third kappa shape index (κ3) is 4.07. The van der Waals surface area contributed by atoms with Crippen LogP contribution < -0.4 is 9.88 Å². The lowest BCUT2D eigenvalue weighted by atomic mass is 10.1. The Morgan fingerprint density at radius 3 is 2.28 bits per heavy atom. The van der Waals surface area contributed by atoms with Crippen molar-refractivity contribution in [3.05, 3.63) is 58.7 Å². The molecule has 154 valence electrons. The second-order valence-corrected chi connectivity index (χ2v) is 7.71. The van der Waals surface area contributed by atoms with Crippen molar-refractivity contribution in [1.29, 1.82) is 0 Å². The summed E-state index contributed by atoms with van der Waals surface area (Å²) in [7, 11) is -3.33. The number of primary sulfonamides is 1. The Bertz CT molecular complexity index is 1180. The zero-order valence-electron chi connectivity index (χ0n) is 14.5. The number of hydrogen-bond donors (Lipinski definition) is 1. The Kier molecular flexibility index (Phi) is 5.57. The molecule has 1 aromatic heterocycles. The number of halogens is 5. The molecule has 0 unspecified atom stereocenters. The van der Waals surface area contributed by atoms with E-state index in [0.29, 0.717) is 12.1 Å². The summed E-state index contributed by atoms with van der Waals surface area (Å²) in [4.78, 5) is -1.32. The van der Waals surface area contributed by atoms with Gasteiger partial charge in [-0.05, 0) is 30.3 Å². The van der Waals surface area contributed by atoms with E-state index in [4.69, 9.17) is 21.5 Å². The first-order chi connectivity index (χ1) is 13.5. The second kappa shape index (κ2) is 7.65. The van der Waals surface area contributed by atoms with Crippen LogP contribution in [0.5, 0.6) is 5.75 Å². The Labute approximate surface area is 167 Å². The lowest BCUT2D eigenvalue weighted by molar-refractivity contribution is 0.145. The van der Waals surface area contributed by atoms with Gasteiger partial charge in [0.2, 0.25) is 10.0 Å². The molecule has 0 radical (unpaired) electrons. The highest BCUT2D eigenvalue weighted by molar-refractivity contribution is 7.89. The van der Waals surface area contributed by atoms with Gasteiger partial charge in [0.15, 0.2) is 4.90 Å². The van der Waals surface area contributed by atoms with E-state index in [1.807, 2.05) is 0 Å².